The molecule has 1 radical (unpaired) electrons. The van der Waals surface area contributed by atoms with Gasteiger partial charge in [-0.15, -0.1) is 11.8 Å². The molecule has 1 aliphatic rings. The van der Waals surface area contributed by atoms with E-state index in [9.17, 15) is 10.1 Å². The molecule has 30 heavy (non-hydrogen) atoms. The number of nitriles is 1. The van der Waals surface area contributed by atoms with Crippen molar-refractivity contribution in [2.45, 2.75) is 24.9 Å². The maximum atomic E-state index is 10.9. The first-order valence-corrected chi connectivity index (χ1v) is 10.6. The van der Waals surface area contributed by atoms with E-state index in [4.69, 9.17) is 0 Å². The number of benzene rings is 2. The number of hydrogen-bond donors (Lipinski definition) is 3. The van der Waals surface area contributed by atoms with Crippen LogP contribution >= 0.6 is 11.8 Å². The number of aromatic nitrogens is 2. The summed E-state index contributed by atoms with van der Waals surface area (Å²) in [6.07, 6.45) is 2.62. The van der Waals surface area contributed by atoms with E-state index >= 15 is 0 Å². The molecule has 3 aromatic rings. The molecule has 0 fully saturated rings. The van der Waals surface area contributed by atoms with Crippen molar-refractivity contribution in [3.8, 4) is 6.07 Å². The van der Waals surface area contributed by atoms with Gasteiger partial charge in [-0.3, -0.25) is 4.79 Å². The summed E-state index contributed by atoms with van der Waals surface area (Å²) in [4.78, 5) is 20.9. The van der Waals surface area contributed by atoms with Crippen molar-refractivity contribution >= 4 is 29.2 Å². The fourth-order valence-electron chi connectivity index (χ4n) is 3.48. The van der Waals surface area contributed by atoms with Gasteiger partial charge in [0.05, 0.1) is 34.6 Å². The van der Waals surface area contributed by atoms with Gasteiger partial charge in [-0.25, -0.2) is 4.98 Å². The van der Waals surface area contributed by atoms with E-state index in [2.05, 4.69) is 31.6 Å². The van der Waals surface area contributed by atoms with Crippen LogP contribution in [-0.2, 0) is 17.9 Å². The van der Waals surface area contributed by atoms with Gasteiger partial charge in [-0.1, -0.05) is 30.3 Å². The van der Waals surface area contributed by atoms with Crippen LogP contribution in [0, 0.1) is 11.3 Å². The van der Waals surface area contributed by atoms with Crippen molar-refractivity contribution in [3.63, 3.8) is 0 Å². The highest BCUT2D eigenvalue weighted by Gasteiger charge is 2.27. The second-order valence-electron chi connectivity index (χ2n) is 6.88. The monoisotopic (exact) mass is 417 g/mol. The lowest BCUT2D eigenvalue weighted by Crippen LogP contribution is -2.35. The zero-order valence-electron chi connectivity index (χ0n) is 16.3. The fourth-order valence-corrected chi connectivity index (χ4v) is 4.55. The van der Waals surface area contributed by atoms with Crippen LogP contribution in [-0.4, -0.2) is 33.2 Å². The molecule has 1 unspecified atom stereocenters. The van der Waals surface area contributed by atoms with Gasteiger partial charge >= 0.3 is 6.41 Å². The van der Waals surface area contributed by atoms with Crippen molar-refractivity contribution in [3.05, 3.63) is 76.7 Å². The van der Waals surface area contributed by atoms with Gasteiger partial charge in [0.25, 0.3) is 0 Å². The van der Waals surface area contributed by atoms with E-state index < -0.39 is 0 Å². The van der Waals surface area contributed by atoms with Crippen molar-refractivity contribution in [1.82, 2.24) is 25.5 Å². The van der Waals surface area contributed by atoms with Gasteiger partial charge < -0.3 is 20.5 Å². The number of nitrogens with zero attached hydrogens (tertiary/aromatic N) is 3. The van der Waals surface area contributed by atoms with E-state index in [1.165, 1.54) is 0 Å². The summed E-state index contributed by atoms with van der Waals surface area (Å²) in [5.74, 6) is 1.62. The number of amides is 1. The third-order valence-corrected chi connectivity index (χ3v) is 6.11. The Morgan fingerprint density at radius 2 is 2.03 bits per heavy atom. The van der Waals surface area contributed by atoms with Gasteiger partial charge in [0.2, 0.25) is 0 Å². The number of fused-ring (bicyclic) bond motifs is 1. The van der Waals surface area contributed by atoms with Crippen molar-refractivity contribution < 1.29 is 4.79 Å². The minimum absolute atomic E-state index is 0.149. The number of carbonyl (C=O) groups excluding carboxylic acids is 1. The van der Waals surface area contributed by atoms with Gasteiger partial charge in [0, 0.05) is 12.0 Å². The lowest BCUT2D eigenvalue weighted by atomic mass is 10.1. The third-order valence-electron chi connectivity index (χ3n) is 4.95. The van der Waals surface area contributed by atoms with Crippen LogP contribution in [0.4, 0.5) is 0 Å². The molecule has 0 saturated carbocycles. The first-order valence-electron chi connectivity index (χ1n) is 9.66. The molecule has 3 N–H and O–H groups in total. The van der Waals surface area contributed by atoms with Gasteiger partial charge in [0.15, 0.2) is 0 Å². The van der Waals surface area contributed by atoms with Crippen LogP contribution in [0.2, 0.25) is 0 Å². The Morgan fingerprint density at radius 1 is 1.20 bits per heavy atom. The Morgan fingerprint density at radius 3 is 2.87 bits per heavy atom. The predicted octanol–water partition coefficient (Wildman–Crippen LogP) is 2.95. The molecule has 1 amide bonds. The maximum Gasteiger partial charge on any atom is 0.315 e. The van der Waals surface area contributed by atoms with Gasteiger partial charge in [0.1, 0.15) is 11.6 Å². The Kier molecular flexibility index (Phi) is 6.32. The molecule has 0 bridgehead atoms. The molecule has 8 heteroatoms. The Hall–Kier alpha value is -3.28. The summed E-state index contributed by atoms with van der Waals surface area (Å²) >= 11 is 1.66. The van der Waals surface area contributed by atoms with Gasteiger partial charge in [-0.05, 0) is 36.7 Å². The van der Waals surface area contributed by atoms with Crippen molar-refractivity contribution in [2.75, 3.05) is 6.54 Å². The molecule has 4 rings (SSSR count). The Bertz CT molecular complexity index is 1070. The number of imidazole rings is 1. The molecule has 2 aromatic carbocycles. The van der Waals surface area contributed by atoms with E-state index in [0.29, 0.717) is 24.5 Å². The minimum Gasteiger partial charge on any atom is -0.341 e. The number of thioether (sulfide) groups is 1. The maximum absolute atomic E-state index is 10.9. The zero-order chi connectivity index (χ0) is 20.8. The quantitative estimate of drug-likeness (QED) is 0.366. The molecule has 1 aliphatic heterocycles. The number of para-hydroxylation sites is 2. The van der Waals surface area contributed by atoms with Crippen LogP contribution in [0.5, 0.6) is 0 Å². The van der Waals surface area contributed by atoms with Crippen LogP contribution in [0.1, 0.15) is 23.4 Å². The molecule has 0 spiro atoms. The standard InChI is InChI=1S/C22H21N6OS/c23-11-16-5-1-2-6-17(16)13-28-21(25-15-29)14-30-22(28)9-10-24-12-20-26-18-7-3-4-8-19(18)27-20/h1-8,14,22,24H,9-10,12-13H2,(H,25,29)(H,26,27). The number of rotatable bonds is 9. The van der Waals surface area contributed by atoms with E-state index in [-0.39, 0.29) is 5.37 Å². The molecule has 0 saturated heterocycles. The molecule has 1 aromatic heterocycles. The topological polar surface area (TPSA) is 96.8 Å². The van der Waals surface area contributed by atoms with Crippen LogP contribution in [0.15, 0.2) is 59.8 Å². The highest BCUT2D eigenvalue weighted by atomic mass is 32.2. The second kappa shape index (κ2) is 9.48. The average Bonchev–Trinajstić information content (AvgIpc) is 3.36. The first kappa shape index (κ1) is 20.0. The smallest absolute Gasteiger partial charge is 0.315 e. The molecule has 7 nitrogen and oxygen atoms in total. The lowest BCUT2D eigenvalue weighted by Gasteiger charge is -2.29. The normalized spacial score (nSPS) is 15.8. The van der Waals surface area contributed by atoms with E-state index in [0.717, 1.165) is 35.4 Å². The second-order valence-corrected chi connectivity index (χ2v) is 7.94. The average molecular weight is 418 g/mol. The summed E-state index contributed by atoms with van der Waals surface area (Å²) in [5.41, 5.74) is 3.58. The highest BCUT2D eigenvalue weighted by molar-refractivity contribution is 8.02. The number of H-pyrrole nitrogens is 1. The van der Waals surface area contributed by atoms with Crippen molar-refractivity contribution in [1.29, 1.82) is 5.26 Å². The number of aromatic amines is 1. The summed E-state index contributed by atoms with van der Waals surface area (Å²) in [6, 6.07) is 17.7. The Balaban J connectivity index is 1.36. The van der Waals surface area contributed by atoms with E-state index in [1.807, 2.05) is 53.9 Å². The van der Waals surface area contributed by atoms with Crippen LogP contribution in [0.3, 0.4) is 0 Å². The van der Waals surface area contributed by atoms with Crippen molar-refractivity contribution in [2.24, 2.45) is 0 Å². The Labute approximate surface area is 179 Å². The number of hydrogen-bond acceptors (Lipinski definition) is 6. The van der Waals surface area contributed by atoms with E-state index in [1.54, 1.807) is 18.2 Å². The molecular weight excluding hydrogens is 396 g/mol. The molecule has 1 atom stereocenters. The van der Waals surface area contributed by atoms with Crippen LogP contribution in [0.25, 0.3) is 11.0 Å². The van der Waals surface area contributed by atoms with Crippen LogP contribution < -0.4 is 10.6 Å². The zero-order valence-corrected chi connectivity index (χ0v) is 17.1. The number of nitrogens with one attached hydrogen (secondary N) is 3. The SMILES string of the molecule is N#Cc1ccccc1CN1C(N[C]=O)=CSC1CCNCc1nc2ccccc2[nH]1. The summed E-state index contributed by atoms with van der Waals surface area (Å²) in [7, 11) is 0. The molecule has 2 heterocycles. The van der Waals surface area contributed by atoms with Gasteiger partial charge in [-0.2, -0.15) is 5.26 Å². The minimum atomic E-state index is 0.149. The summed E-state index contributed by atoms with van der Waals surface area (Å²) < 4.78 is 0. The third kappa shape index (κ3) is 4.48. The predicted molar refractivity (Wildman–Crippen MR) is 117 cm³/mol. The molecule has 0 aliphatic carbocycles. The molecular formula is C22H21N6OS. The highest BCUT2D eigenvalue weighted by Crippen LogP contribution is 2.33. The first-order chi connectivity index (χ1) is 14.8. The largest absolute Gasteiger partial charge is 0.341 e. The molecule has 151 valence electrons. The summed E-state index contributed by atoms with van der Waals surface area (Å²) in [5, 5.41) is 17.6. The lowest BCUT2D eigenvalue weighted by molar-refractivity contribution is 0.297. The fraction of sp³-hybridized carbons (Fsp3) is 0.227. The summed E-state index contributed by atoms with van der Waals surface area (Å²) in [6.45, 7) is 1.99.